The summed E-state index contributed by atoms with van der Waals surface area (Å²) in [7, 11) is 0. The van der Waals surface area contributed by atoms with Crippen LogP contribution in [0, 0.1) is 0 Å². The highest BCUT2D eigenvalue weighted by Gasteiger charge is 2.08. The number of benzene rings is 1. The van der Waals surface area contributed by atoms with Gasteiger partial charge in [0.25, 0.3) is 5.91 Å². The predicted octanol–water partition coefficient (Wildman–Crippen LogP) is 2.64. The number of aromatic nitrogens is 1. The second-order valence-corrected chi connectivity index (χ2v) is 4.93. The highest BCUT2D eigenvalue weighted by Crippen LogP contribution is 2.18. The van der Waals surface area contributed by atoms with Crippen LogP contribution < -0.4 is 5.32 Å². The lowest BCUT2D eigenvalue weighted by molar-refractivity contribution is 0.0941. The van der Waals surface area contributed by atoms with Crippen molar-refractivity contribution in [1.29, 1.82) is 0 Å². The van der Waals surface area contributed by atoms with E-state index < -0.39 is 0 Å². The molecule has 4 nitrogen and oxygen atoms in total. The smallest absolute Gasteiger partial charge is 0.252 e. The van der Waals surface area contributed by atoms with E-state index in [0.29, 0.717) is 24.9 Å². The molecule has 0 saturated carbocycles. The Bertz CT molecular complexity index is 584. The first-order valence-electron chi connectivity index (χ1n) is 7.17. The largest absolute Gasteiger partial charge is 0.393 e. The Balaban J connectivity index is 2.02. The molecule has 110 valence electrons. The molecule has 4 heteroatoms. The van der Waals surface area contributed by atoms with Crippen molar-refractivity contribution in [2.24, 2.45) is 0 Å². The summed E-state index contributed by atoms with van der Waals surface area (Å²) < 4.78 is 0. The number of aliphatic hydroxyl groups excluding tert-OH is 1. The normalized spacial score (nSPS) is 11.9. The lowest BCUT2D eigenvalue weighted by Crippen LogP contribution is -2.27. The summed E-state index contributed by atoms with van der Waals surface area (Å²) in [5.41, 5.74) is 2.47. The molecule has 0 aliphatic heterocycles. The van der Waals surface area contributed by atoms with Gasteiger partial charge in [0.15, 0.2) is 0 Å². The van der Waals surface area contributed by atoms with Gasteiger partial charge in [-0.3, -0.25) is 9.78 Å². The van der Waals surface area contributed by atoms with Crippen molar-refractivity contribution in [3.63, 3.8) is 0 Å². The standard InChI is InChI=1S/C17H20N2O2/c1-2-16(20)8-9-19-17(21)15-10-14(11-18-12-15)13-6-4-3-5-7-13/h3-7,10-12,16,20H,2,8-9H2,1H3,(H,19,21). The third-order valence-electron chi connectivity index (χ3n) is 3.34. The summed E-state index contributed by atoms with van der Waals surface area (Å²) >= 11 is 0. The minimum Gasteiger partial charge on any atom is -0.393 e. The van der Waals surface area contributed by atoms with Crippen LogP contribution in [0.25, 0.3) is 11.1 Å². The molecule has 21 heavy (non-hydrogen) atoms. The number of aliphatic hydroxyl groups is 1. The van der Waals surface area contributed by atoms with E-state index in [4.69, 9.17) is 0 Å². The summed E-state index contributed by atoms with van der Waals surface area (Å²) in [5, 5.41) is 12.3. The molecule has 1 atom stereocenters. The third-order valence-corrected chi connectivity index (χ3v) is 3.34. The molecule has 0 bridgehead atoms. The van der Waals surface area contributed by atoms with Crippen LogP contribution in [0.5, 0.6) is 0 Å². The average molecular weight is 284 g/mol. The Hall–Kier alpha value is -2.20. The summed E-state index contributed by atoms with van der Waals surface area (Å²) in [4.78, 5) is 16.2. The Labute approximate surface area is 124 Å². The number of pyridine rings is 1. The molecule has 0 fully saturated rings. The second kappa shape index (κ2) is 7.55. The Kier molecular flexibility index (Phi) is 5.46. The number of hydrogen-bond donors (Lipinski definition) is 2. The fraction of sp³-hybridized carbons (Fsp3) is 0.294. The minimum absolute atomic E-state index is 0.163. The van der Waals surface area contributed by atoms with Gasteiger partial charge in [0.05, 0.1) is 11.7 Å². The molecule has 2 aromatic rings. The van der Waals surface area contributed by atoms with Crippen LogP contribution in [-0.4, -0.2) is 28.6 Å². The number of carbonyl (C=O) groups is 1. The van der Waals surface area contributed by atoms with Gasteiger partial charge in [-0.25, -0.2) is 0 Å². The fourth-order valence-electron chi connectivity index (χ4n) is 2.01. The van der Waals surface area contributed by atoms with Crippen LogP contribution in [0.3, 0.4) is 0 Å². The topological polar surface area (TPSA) is 62.2 Å². The molecule has 1 aromatic carbocycles. The van der Waals surface area contributed by atoms with Gasteiger partial charge < -0.3 is 10.4 Å². The Morgan fingerprint density at radius 2 is 2.00 bits per heavy atom. The maximum Gasteiger partial charge on any atom is 0.252 e. The first kappa shape index (κ1) is 15.2. The third kappa shape index (κ3) is 4.39. The quantitative estimate of drug-likeness (QED) is 0.857. The van der Waals surface area contributed by atoms with Gasteiger partial charge >= 0.3 is 0 Å². The maximum atomic E-state index is 12.1. The van der Waals surface area contributed by atoms with Gasteiger partial charge in [-0.05, 0) is 24.5 Å². The second-order valence-electron chi connectivity index (χ2n) is 4.93. The van der Waals surface area contributed by atoms with Crippen molar-refractivity contribution in [1.82, 2.24) is 10.3 Å². The van der Waals surface area contributed by atoms with E-state index in [1.54, 1.807) is 12.4 Å². The first-order chi connectivity index (χ1) is 10.2. The zero-order valence-electron chi connectivity index (χ0n) is 12.1. The van der Waals surface area contributed by atoms with Crippen molar-refractivity contribution < 1.29 is 9.90 Å². The van der Waals surface area contributed by atoms with Gasteiger partial charge in [0, 0.05) is 24.5 Å². The SMILES string of the molecule is CCC(O)CCNC(=O)c1cncc(-c2ccccc2)c1. The number of nitrogens with zero attached hydrogens (tertiary/aromatic N) is 1. The van der Waals surface area contributed by atoms with Gasteiger partial charge in [-0.15, -0.1) is 0 Å². The summed E-state index contributed by atoms with van der Waals surface area (Å²) in [5.74, 6) is -0.163. The molecule has 2 N–H and O–H groups in total. The molecule has 0 radical (unpaired) electrons. The molecule has 0 aliphatic carbocycles. The van der Waals surface area contributed by atoms with Crippen LogP contribution in [0.1, 0.15) is 30.1 Å². The monoisotopic (exact) mass is 284 g/mol. The molecule has 1 unspecified atom stereocenters. The van der Waals surface area contributed by atoms with Gasteiger partial charge in [-0.1, -0.05) is 37.3 Å². The first-order valence-corrected chi connectivity index (χ1v) is 7.17. The van der Waals surface area contributed by atoms with Gasteiger partial charge in [-0.2, -0.15) is 0 Å². The van der Waals surface area contributed by atoms with Crippen LogP contribution in [0.2, 0.25) is 0 Å². The highest BCUT2D eigenvalue weighted by molar-refractivity contribution is 5.95. The number of nitrogens with one attached hydrogen (secondary N) is 1. The van der Waals surface area contributed by atoms with E-state index in [-0.39, 0.29) is 12.0 Å². The van der Waals surface area contributed by atoms with Crippen LogP contribution in [0.15, 0.2) is 48.8 Å². The summed E-state index contributed by atoms with van der Waals surface area (Å²) in [6.07, 6.45) is 4.19. The van der Waals surface area contributed by atoms with Gasteiger partial charge in [0.1, 0.15) is 0 Å². The summed E-state index contributed by atoms with van der Waals surface area (Å²) in [6, 6.07) is 11.6. The minimum atomic E-state index is -0.362. The zero-order chi connectivity index (χ0) is 15.1. The van der Waals surface area contributed by atoms with Crippen LogP contribution in [0.4, 0.5) is 0 Å². The van der Waals surface area contributed by atoms with Gasteiger partial charge in [0.2, 0.25) is 0 Å². The van der Waals surface area contributed by atoms with E-state index in [9.17, 15) is 9.90 Å². The fourth-order valence-corrected chi connectivity index (χ4v) is 2.01. The van der Waals surface area contributed by atoms with E-state index in [1.807, 2.05) is 43.3 Å². The molecule has 0 aliphatic rings. The average Bonchev–Trinajstić information content (AvgIpc) is 2.55. The molecular formula is C17H20N2O2. The van der Waals surface area contributed by atoms with Crippen molar-refractivity contribution in [3.8, 4) is 11.1 Å². The molecular weight excluding hydrogens is 264 g/mol. The van der Waals surface area contributed by atoms with Crippen molar-refractivity contribution in [2.75, 3.05) is 6.54 Å². The Morgan fingerprint density at radius 1 is 1.24 bits per heavy atom. The molecule has 0 saturated heterocycles. The zero-order valence-corrected chi connectivity index (χ0v) is 12.1. The summed E-state index contributed by atoms with van der Waals surface area (Å²) in [6.45, 7) is 2.38. The molecule has 2 rings (SSSR count). The molecule has 1 aromatic heterocycles. The van der Waals surface area contributed by atoms with E-state index >= 15 is 0 Å². The molecule has 1 amide bonds. The number of carbonyl (C=O) groups excluding carboxylic acids is 1. The van der Waals surface area contributed by atoms with Crippen molar-refractivity contribution >= 4 is 5.91 Å². The van der Waals surface area contributed by atoms with Crippen molar-refractivity contribution in [2.45, 2.75) is 25.9 Å². The van der Waals surface area contributed by atoms with Crippen molar-refractivity contribution in [3.05, 3.63) is 54.4 Å². The van der Waals surface area contributed by atoms with E-state index in [0.717, 1.165) is 11.1 Å². The number of amides is 1. The lowest BCUT2D eigenvalue weighted by Gasteiger charge is -2.09. The van der Waals surface area contributed by atoms with Crippen LogP contribution >= 0.6 is 0 Å². The van der Waals surface area contributed by atoms with Crippen LogP contribution in [-0.2, 0) is 0 Å². The number of rotatable bonds is 6. The maximum absolute atomic E-state index is 12.1. The lowest BCUT2D eigenvalue weighted by atomic mass is 10.1. The molecule has 1 heterocycles. The van der Waals surface area contributed by atoms with E-state index in [2.05, 4.69) is 10.3 Å². The Morgan fingerprint density at radius 3 is 2.71 bits per heavy atom. The predicted molar refractivity (Wildman–Crippen MR) is 82.9 cm³/mol. The molecule has 0 spiro atoms. The highest BCUT2D eigenvalue weighted by atomic mass is 16.3. The number of hydrogen-bond acceptors (Lipinski definition) is 3. The van der Waals surface area contributed by atoms with E-state index in [1.165, 1.54) is 0 Å².